The number of esters is 2. The Morgan fingerprint density at radius 1 is 0.943 bits per heavy atom. The minimum atomic E-state index is -0.713. The molecule has 0 amide bonds. The van der Waals surface area contributed by atoms with E-state index in [-0.39, 0.29) is 60.7 Å². The summed E-state index contributed by atoms with van der Waals surface area (Å²) in [5, 5.41) is 0. The molecule has 0 aromatic rings. The highest BCUT2D eigenvalue weighted by Crippen LogP contribution is 2.40. The van der Waals surface area contributed by atoms with Gasteiger partial charge in [0.25, 0.3) is 0 Å². The van der Waals surface area contributed by atoms with Crippen molar-refractivity contribution >= 4 is 11.9 Å². The van der Waals surface area contributed by atoms with Gasteiger partial charge in [0.1, 0.15) is 12.2 Å². The van der Waals surface area contributed by atoms with Gasteiger partial charge in [-0.2, -0.15) is 0 Å². The summed E-state index contributed by atoms with van der Waals surface area (Å²) >= 11 is 0. The van der Waals surface area contributed by atoms with Gasteiger partial charge in [0.15, 0.2) is 18.9 Å². The van der Waals surface area contributed by atoms with Crippen LogP contribution in [-0.2, 0) is 52.2 Å². The minimum absolute atomic E-state index is 0.00863. The number of carbonyl (C=O) groups excluding carboxylic acids is 2. The maximum absolute atomic E-state index is 13.4. The van der Waals surface area contributed by atoms with Gasteiger partial charge in [-0.05, 0) is 92.2 Å². The van der Waals surface area contributed by atoms with E-state index < -0.39 is 36.5 Å². The molecule has 0 N–H and O–H groups in total. The van der Waals surface area contributed by atoms with E-state index in [1.807, 2.05) is 99.6 Å². The van der Waals surface area contributed by atoms with Gasteiger partial charge in [-0.25, -0.2) is 0 Å². The van der Waals surface area contributed by atoms with E-state index in [0.717, 1.165) is 12.0 Å². The molecule has 13 atom stereocenters. The van der Waals surface area contributed by atoms with Crippen molar-refractivity contribution in [1.82, 2.24) is 0 Å². The van der Waals surface area contributed by atoms with Crippen LogP contribution in [0.4, 0.5) is 0 Å². The van der Waals surface area contributed by atoms with Crippen LogP contribution in [0.15, 0.2) is 36.0 Å². The van der Waals surface area contributed by atoms with Crippen molar-refractivity contribution in [2.24, 2.45) is 17.8 Å². The Morgan fingerprint density at radius 2 is 1.58 bits per heavy atom. The number of cyclic esters (lactones) is 1. The lowest BCUT2D eigenvalue weighted by Crippen LogP contribution is -2.35. The molecule has 0 spiro atoms. The molecule has 2 rings (SSSR count). The first-order valence-corrected chi connectivity index (χ1v) is 20.0. The van der Waals surface area contributed by atoms with Crippen molar-refractivity contribution in [3.8, 4) is 0 Å². The zero-order valence-electron chi connectivity index (χ0n) is 35.0. The number of epoxide rings is 1. The molecule has 11 heteroatoms. The van der Waals surface area contributed by atoms with Crippen LogP contribution in [-0.4, -0.2) is 92.9 Å². The second-order valence-electron chi connectivity index (χ2n) is 14.8. The summed E-state index contributed by atoms with van der Waals surface area (Å²) in [4.78, 5) is 25.5. The van der Waals surface area contributed by atoms with E-state index in [9.17, 15) is 9.59 Å². The summed E-state index contributed by atoms with van der Waals surface area (Å²) in [6.45, 7) is 26.8. The van der Waals surface area contributed by atoms with Gasteiger partial charge >= 0.3 is 11.9 Å². The molecule has 13 unspecified atom stereocenters. The van der Waals surface area contributed by atoms with Gasteiger partial charge in [0, 0.05) is 45.0 Å². The van der Waals surface area contributed by atoms with Crippen LogP contribution >= 0.6 is 0 Å². The first kappa shape index (κ1) is 47.0. The fraction of sp³-hybridized carbons (Fsp3) is 0.810. The Bertz CT molecular complexity index is 1170. The third-order valence-electron chi connectivity index (χ3n) is 9.92. The van der Waals surface area contributed by atoms with Crippen molar-refractivity contribution < 1.29 is 52.2 Å². The number of allylic oxidation sites excluding steroid dienone is 2. The van der Waals surface area contributed by atoms with E-state index in [4.69, 9.17) is 42.6 Å². The molecule has 1 saturated heterocycles. The van der Waals surface area contributed by atoms with Crippen LogP contribution in [0, 0.1) is 17.8 Å². The van der Waals surface area contributed by atoms with Crippen molar-refractivity contribution in [2.75, 3.05) is 19.8 Å². The van der Waals surface area contributed by atoms with Crippen LogP contribution < -0.4 is 0 Å². The maximum atomic E-state index is 13.4. The van der Waals surface area contributed by atoms with E-state index in [2.05, 4.69) is 13.8 Å². The summed E-state index contributed by atoms with van der Waals surface area (Å²) in [5.74, 6) is -0.715. The van der Waals surface area contributed by atoms with Gasteiger partial charge in [-0.3, -0.25) is 9.59 Å². The predicted octanol–water partition coefficient (Wildman–Crippen LogP) is 8.24. The number of hydrogen-bond acceptors (Lipinski definition) is 11. The largest absolute Gasteiger partial charge is 0.458 e. The third kappa shape index (κ3) is 17.1. The molecule has 11 nitrogen and oxygen atoms in total. The summed E-state index contributed by atoms with van der Waals surface area (Å²) < 4.78 is 53.9. The molecular formula is C42H72O11. The number of ether oxygens (including phenoxy) is 9. The molecule has 0 aliphatic carbocycles. The molecule has 0 radical (unpaired) electrons. The lowest BCUT2D eigenvalue weighted by atomic mass is 9.90. The van der Waals surface area contributed by atoms with Crippen molar-refractivity contribution in [3.63, 3.8) is 0 Å². The Labute approximate surface area is 320 Å². The lowest BCUT2D eigenvalue weighted by Gasteiger charge is -2.30. The molecular weight excluding hydrogens is 680 g/mol. The van der Waals surface area contributed by atoms with E-state index in [1.165, 1.54) is 6.92 Å². The number of hydrogen-bond donors (Lipinski definition) is 0. The second kappa shape index (κ2) is 23.7. The highest BCUT2D eigenvalue weighted by molar-refractivity contribution is 5.70. The van der Waals surface area contributed by atoms with Crippen molar-refractivity contribution in [3.05, 3.63) is 36.0 Å². The van der Waals surface area contributed by atoms with Crippen LogP contribution in [0.3, 0.4) is 0 Å². The Balaban J connectivity index is 2.34. The van der Waals surface area contributed by atoms with Crippen molar-refractivity contribution in [1.29, 1.82) is 0 Å². The smallest absolute Gasteiger partial charge is 0.309 e. The Morgan fingerprint density at radius 3 is 2.21 bits per heavy atom. The maximum Gasteiger partial charge on any atom is 0.309 e. The average molecular weight is 753 g/mol. The first-order valence-electron chi connectivity index (χ1n) is 20.0. The van der Waals surface area contributed by atoms with Crippen molar-refractivity contribution in [2.45, 2.75) is 183 Å². The quantitative estimate of drug-likeness (QED) is 0.0371. The van der Waals surface area contributed by atoms with Gasteiger partial charge in [-0.1, -0.05) is 52.0 Å². The van der Waals surface area contributed by atoms with E-state index >= 15 is 0 Å². The molecule has 2 heterocycles. The molecule has 2 aliphatic heterocycles. The van der Waals surface area contributed by atoms with Gasteiger partial charge in [0.05, 0.1) is 36.4 Å². The average Bonchev–Trinajstić information content (AvgIpc) is 3.84. The summed E-state index contributed by atoms with van der Waals surface area (Å²) in [5.41, 5.74) is 0.136. The third-order valence-corrected chi connectivity index (χ3v) is 9.92. The normalized spacial score (nSPS) is 30.5. The van der Waals surface area contributed by atoms with Crippen LogP contribution in [0.1, 0.15) is 122 Å². The summed E-state index contributed by atoms with van der Waals surface area (Å²) in [6, 6.07) is 0. The van der Waals surface area contributed by atoms with Crippen LogP contribution in [0.2, 0.25) is 0 Å². The van der Waals surface area contributed by atoms with E-state index in [0.29, 0.717) is 39.1 Å². The van der Waals surface area contributed by atoms with Gasteiger partial charge in [0.2, 0.25) is 0 Å². The second-order valence-corrected chi connectivity index (χ2v) is 14.8. The predicted molar refractivity (Wildman–Crippen MR) is 205 cm³/mol. The molecule has 0 bridgehead atoms. The fourth-order valence-electron chi connectivity index (χ4n) is 7.10. The standard InChI is InChI=1S/C42H72O11/c1-14-36(50-33(11)46-16-3)30(8)41-38(51-41)26-42(13,53-34(12)47-17-4)24-18-19-28(6)40-29(7)21-23-37(48-31(9)43)27(5)20-22-35(25-39(44)52-40)49-32(10)45-15-2/h18-19,21,23-24,27,29-30,32-38,40-41H,14-17,20,22,25-26H2,1-13H3/b23-21-,24-18+,28-19+. The summed E-state index contributed by atoms with van der Waals surface area (Å²) in [7, 11) is 0. The fourth-order valence-corrected chi connectivity index (χ4v) is 7.10. The highest BCUT2D eigenvalue weighted by Gasteiger charge is 2.49. The zero-order valence-corrected chi connectivity index (χ0v) is 35.0. The molecule has 2 aliphatic rings. The molecule has 0 saturated carbocycles. The Hall–Kier alpha value is -2.12. The number of rotatable bonds is 21. The van der Waals surface area contributed by atoms with Gasteiger partial charge in [-0.15, -0.1) is 0 Å². The molecule has 0 aromatic carbocycles. The number of carbonyl (C=O) groups is 2. The summed E-state index contributed by atoms with van der Waals surface area (Å²) in [6.07, 6.45) is 10.1. The minimum Gasteiger partial charge on any atom is -0.458 e. The topological polar surface area (TPSA) is 121 Å². The molecule has 306 valence electrons. The van der Waals surface area contributed by atoms with E-state index in [1.54, 1.807) is 0 Å². The van der Waals surface area contributed by atoms with Crippen LogP contribution in [0.25, 0.3) is 0 Å². The Kier molecular flexibility index (Phi) is 21.1. The monoisotopic (exact) mass is 753 g/mol. The molecule has 53 heavy (non-hydrogen) atoms. The SMILES string of the molecule is CCOC(C)OC1CCC(C)C(OC(C)=O)/C=C\C(C)C(/C(C)=C/C=C/C(C)(CC2OC2C(C)C(CC)OC(C)OCC)OC(C)OCC)OC(=O)C1. The first-order chi connectivity index (χ1) is 25.1. The molecule has 0 aromatic heterocycles. The lowest BCUT2D eigenvalue weighted by molar-refractivity contribution is -0.181. The highest BCUT2D eigenvalue weighted by atomic mass is 16.7. The molecule has 1 fully saturated rings. The van der Waals surface area contributed by atoms with Gasteiger partial charge < -0.3 is 42.6 Å². The zero-order chi connectivity index (χ0) is 39.7. The van der Waals surface area contributed by atoms with Crippen LogP contribution in [0.5, 0.6) is 0 Å².